The van der Waals surface area contributed by atoms with Gasteiger partial charge in [-0.2, -0.15) is 0 Å². The maximum Gasteiger partial charge on any atom is 0.336 e. The number of rotatable bonds is 4. The Morgan fingerprint density at radius 1 is 1.39 bits per heavy atom. The highest BCUT2D eigenvalue weighted by Gasteiger charge is 2.09. The first-order valence-corrected chi connectivity index (χ1v) is 5.50. The monoisotopic (exact) mass is 243 g/mol. The van der Waals surface area contributed by atoms with E-state index in [1.165, 1.54) is 0 Å². The summed E-state index contributed by atoms with van der Waals surface area (Å²) in [5.41, 5.74) is 2.62. The molecule has 5 nitrogen and oxygen atoms in total. The van der Waals surface area contributed by atoms with Gasteiger partial charge in [-0.1, -0.05) is 6.07 Å². The Hall–Kier alpha value is -2.43. The van der Waals surface area contributed by atoms with E-state index in [1.807, 2.05) is 6.07 Å². The predicted octanol–water partition coefficient (Wildman–Crippen LogP) is 2.10. The van der Waals surface area contributed by atoms with Crippen molar-refractivity contribution in [3.8, 4) is 0 Å². The molecule has 0 saturated heterocycles. The number of hydrogen-bond acceptors (Lipinski definition) is 4. The van der Waals surface area contributed by atoms with Crippen molar-refractivity contribution < 1.29 is 9.90 Å². The summed E-state index contributed by atoms with van der Waals surface area (Å²) >= 11 is 0. The number of anilines is 1. The molecule has 2 N–H and O–H groups in total. The zero-order chi connectivity index (χ0) is 13.0. The first-order valence-electron chi connectivity index (χ1n) is 5.50. The summed E-state index contributed by atoms with van der Waals surface area (Å²) in [4.78, 5) is 19.1. The van der Waals surface area contributed by atoms with E-state index in [2.05, 4.69) is 15.3 Å². The first kappa shape index (κ1) is 12.0. The van der Waals surface area contributed by atoms with Crippen LogP contribution in [0.4, 0.5) is 5.69 Å². The largest absolute Gasteiger partial charge is 0.478 e. The van der Waals surface area contributed by atoms with Crippen LogP contribution in [-0.4, -0.2) is 21.0 Å². The molecular formula is C13H13N3O2. The molecule has 0 bridgehead atoms. The fraction of sp³-hybridized carbons (Fsp3) is 0.154. The summed E-state index contributed by atoms with van der Waals surface area (Å²) < 4.78 is 0. The number of nitrogens with zero attached hydrogens (tertiary/aromatic N) is 2. The van der Waals surface area contributed by atoms with Crippen molar-refractivity contribution in [1.29, 1.82) is 0 Å². The van der Waals surface area contributed by atoms with Crippen LogP contribution in [0.15, 0.2) is 36.8 Å². The van der Waals surface area contributed by atoms with Gasteiger partial charge in [0.1, 0.15) is 0 Å². The molecule has 0 spiro atoms. The average molecular weight is 243 g/mol. The molecule has 2 rings (SSSR count). The highest BCUT2D eigenvalue weighted by Crippen LogP contribution is 2.19. The summed E-state index contributed by atoms with van der Waals surface area (Å²) in [6.45, 7) is 2.29. The Kier molecular flexibility index (Phi) is 3.52. The maximum atomic E-state index is 11.0. The minimum absolute atomic E-state index is 0.305. The van der Waals surface area contributed by atoms with E-state index in [0.717, 1.165) is 11.4 Å². The van der Waals surface area contributed by atoms with Gasteiger partial charge >= 0.3 is 5.97 Å². The second-order valence-corrected chi connectivity index (χ2v) is 3.83. The lowest BCUT2D eigenvalue weighted by Gasteiger charge is -2.10. The van der Waals surface area contributed by atoms with Crippen LogP contribution in [0, 0.1) is 6.92 Å². The number of carbonyl (C=O) groups is 1. The number of aromatic nitrogens is 2. The van der Waals surface area contributed by atoms with Crippen LogP contribution in [0.2, 0.25) is 0 Å². The molecule has 0 amide bonds. The molecule has 0 atom stereocenters. The van der Waals surface area contributed by atoms with Gasteiger partial charge in [0.05, 0.1) is 24.0 Å². The van der Waals surface area contributed by atoms with Crippen LogP contribution >= 0.6 is 0 Å². The van der Waals surface area contributed by atoms with E-state index in [0.29, 0.717) is 17.7 Å². The lowest BCUT2D eigenvalue weighted by atomic mass is 10.1. The van der Waals surface area contributed by atoms with Crippen molar-refractivity contribution in [2.75, 3.05) is 5.32 Å². The maximum absolute atomic E-state index is 11.0. The molecule has 2 aromatic rings. The van der Waals surface area contributed by atoms with Crippen LogP contribution in [0.25, 0.3) is 0 Å². The van der Waals surface area contributed by atoms with Crippen molar-refractivity contribution in [3.63, 3.8) is 0 Å². The van der Waals surface area contributed by atoms with Gasteiger partial charge < -0.3 is 10.4 Å². The van der Waals surface area contributed by atoms with Crippen molar-refractivity contribution in [2.24, 2.45) is 0 Å². The standard InChI is InChI=1S/C13H13N3O2/c1-9-11(13(17)18)3-2-4-12(9)16-8-10-7-14-5-6-15-10/h2-7,16H,8H2,1H3,(H,17,18). The van der Waals surface area contributed by atoms with Gasteiger partial charge in [0.15, 0.2) is 0 Å². The molecule has 18 heavy (non-hydrogen) atoms. The van der Waals surface area contributed by atoms with Crippen molar-refractivity contribution in [1.82, 2.24) is 9.97 Å². The molecule has 1 heterocycles. The SMILES string of the molecule is Cc1c(NCc2cnccn2)cccc1C(=O)O. The van der Waals surface area contributed by atoms with Gasteiger partial charge in [-0.05, 0) is 24.6 Å². The lowest BCUT2D eigenvalue weighted by molar-refractivity contribution is 0.0696. The summed E-state index contributed by atoms with van der Waals surface area (Å²) in [5, 5.41) is 12.2. The van der Waals surface area contributed by atoms with E-state index in [1.54, 1.807) is 37.6 Å². The minimum atomic E-state index is -0.921. The van der Waals surface area contributed by atoms with Crippen LogP contribution in [0.3, 0.4) is 0 Å². The Labute approximate surface area is 105 Å². The average Bonchev–Trinajstić information content (AvgIpc) is 2.38. The zero-order valence-corrected chi connectivity index (χ0v) is 9.92. The lowest BCUT2D eigenvalue weighted by Crippen LogP contribution is -2.06. The minimum Gasteiger partial charge on any atom is -0.478 e. The highest BCUT2D eigenvalue weighted by molar-refractivity contribution is 5.91. The molecule has 0 aliphatic rings. The molecule has 0 saturated carbocycles. The summed E-state index contributed by atoms with van der Waals surface area (Å²) in [5.74, 6) is -0.921. The Bertz CT molecular complexity index is 555. The molecule has 0 fully saturated rings. The fourth-order valence-electron chi connectivity index (χ4n) is 1.67. The highest BCUT2D eigenvalue weighted by atomic mass is 16.4. The van der Waals surface area contributed by atoms with Crippen molar-refractivity contribution >= 4 is 11.7 Å². The van der Waals surface area contributed by atoms with Crippen molar-refractivity contribution in [3.05, 3.63) is 53.6 Å². The van der Waals surface area contributed by atoms with Gasteiger partial charge in [0, 0.05) is 18.1 Å². The second kappa shape index (κ2) is 5.27. The van der Waals surface area contributed by atoms with Gasteiger partial charge in [0.2, 0.25) is 0 Å². The van der Waals surface area contributed by atoms with E-state index in [-0.39, 0.29) is 0 Å². The third-order valence-electron chi connectivity index (χ3n) is 2.64. The van der Waals surface area contributed by atoms with E-state index in [4.69, 9.17) is 5.11 Å². The zero-order valence-electron chi connectivity index (χ0n) is 9.92. The number of aromatic carboxylic acids is 1. The fourth-order valence-corrected chi connectivity index (χ4v) is 1.67. The Morgan fingerprint density at radius 3 is 2.89 bits per heavy atom. The van der Waals surface area contributed by atoms with Gasteiger partial charge in [0.25, 0.3) is 0 Å². The quantitative estimate of drug-likeness (QED) is 0.860. The summed E-state index contributed by atoms with van der Waals surface area (Å²) in [6, 6.07) is 5.15. The van der Waals surface area contributed by atoms with Gasteiger partial charge in [-0.15, -0.1) is 0 Å². The number of nitrogens with one attached hydrogen (secondary N) is 1. The van der Waals surface area contributed by atoms with Crippen LogP contribution in [0.1, 0.15) is 21.6 Å². The second-order valence-electron chi connectivity index (χ2n) is 3.83. The molecule has 92 valence electrons. The Morgan fingerprint density at radius 2 is 2.22 bits per heavy atom. The molecule has 5 heteroatoms. The smallest absolute Gasteiger partial charge is 0.336 e. The molecule has 0 radical (unpaired) electrons. The molecule has 0 aliphatic heterocycles. The number of benzene rings is 1. The Balaban J connectivity index is 2.15. The molecule has 0 aliphatic carbocycles. The number of hydrogen-bond donors (Lipinski definition) is 2. The van der Waals surface area contributed by atoms with Crippen LogP contribution in [0.5, 0.6) is 0 Å². The third-order valence-corrected chi connectivity index (χ3v) is 2.64. The van der Waals surface area contributed by atoms with E-state index in [9.17, 15) is 4.79 Å². The first-order chi connectivity index (χ1) is 8.68. The summed E-state index contributed by atoms with van der Waals surface area (Å²) in [6.07, 6.45) is 4.90. The molecule has 0 unspecified atom stereocenters. The van der Waals surface area contributed by atoms with Crippen LogP contribution < -0.4 is 5.32 Å². The van der Waals surface area contributed by atoms with Crippen LogP contribution in [-0.2, 0) is 6.54 Å². The number of carboxylic acids is 1. The van der Waals surface area contributed by atoms with Crippen molar-refractivity contribution in [2.45, 2.75) is 13.5 Å². The molecule has 1 aromatic carbocycles. The topological polar surface area (TPSA) is 75.1 Å². The number of carboxylic acid groups (broad SMARTS) is 1. The summed E-state index contributed by atoms with van der Waals surface area (Å²) in [7, 11) is 0. The normalized spacial score (nSPS) is 10.1. The van der Waals surface area contributed by atoms with Gasteiger partial charge in [-0.3, -0.25) is 9.97 Å². The van der Waals surface area contributed by atoms with E-state index < -0.39 is 5.97 Å². The molecular weight excluding hydrogens is 230 g/mol. The predicted molar refractivity (Wildman–Crippen MR) is 67.5 cm³/mol. The third kappa shape index (κ3) is 2.63. The molecule has 1 aromatic heterocycles. The van der Waals surface area contributed by atoms with E-state index >= 15 is 0 Å². The van der Waals surface area contributed by atoms with Gasteiger partial charge in [-0.25, -0.2) is 4.79 Å².